The number of fused-ring (bicyclic) bond motifs is 1. The summed E-state index contributed by atoms with van der Waals surface area (Å²) in [6.07, 6.45) is 0.0761. The van der Waals surface area contributed by atoms with E-state index in [0.717, 1.165) is 54.4 Å². The van der Waals surface area contributed by atoms with Gasteiger partial charge in [-0.3, -0.25) is 14.3 Å². The van der Waals surface area contributed by atoms with E-state index in [1.54, 1.807) is 6.33 Å². The third-order valence-electron chi connectivity index (χ3n) is 10.1. The molecule has 0 unspecified atom stereocenters. The first kappa shape index (κ1) is 34.1. The quantitative estimate of drug-likeness (QED) is 0.193. The molecular formula is C28H55N5O5Si3. The second-order valence-corrected chi connectivity index (χ2v) is 25.8. The van der Waals surface area contributed by atoms with Crippen LogP contribution in [0.3, 0.4) is 0 Å². The minimum atomic E-state index is -2.11. The average molecular weight is 626 g/mol. The maximum absolute atomic E-state index is 12.7. The number of aromatic nitrogens is 4. The molecule has 4 atom stereocenters. The number of anilines is 1. The molecule has 0 saturated carbocycles. The first-order valence-corrected chi connectivity index (χ1v) is 23.5. The second kappa shape index (κ2) is 14.4. The molecular weight excluding hydrogens is 571 g/mol. The lowest BCUT2D eigenvalue weighted by molar-refractivity contribution is -0.0465. The van der Waals surface area contributed by atoms with Crippen molar-refractivity contribution in [3.05, 3.63) is 16.7 Å². The summed E-state index contributed by atoms with van der Waals surface area (Å²) >= 11 is 0. The molecule has 41 heavy (non-hydrogen) atoms. The van der Waals surface area contributed by atoms with Crippen LogP contribution in [0.2, 0.25) is 54.4 Å². The van der Waals surface area contributed by atoms with Crippen LogP contribution in [0.25, 0.3) is 11.2 Å². The fraction of sp³-hybridized carbons (Fsp3) is 0.821. The molecule has 0 aromatic carbocycles. The highest BCUT2D eigenvalue weighted by Gasteiger charge is 2.53. The van der Waals surface area contributed by atoms with Crippen LogP contribution in [0, 0.1) is 0 Å². The lowest BCUT2D eigenvalue weighted by Gasteiger charge is -2.40. The number of aromatic amines is 1. The highest BCUT2D eigenvalue weighted by Crippen LogP contribution is 2.42. The minimum Gasteiger partial charge on any atom is -0.414 e. The van der Waals surface area contributed by atoms with Crippen LogP contribution in [0.15, 0.2) is 11.1 Å². The van der Waals surface area contributed by atoms with Gasteiger partial charge in [-0.05, 0) is 54.4 Å². The fourth-order valence-corrected chi connectivity index (χ4v) is 14.7. The summed E-state index contributed by atoms with van der Waals surface area (Å²) in [5.41, 5.74) is 6.24. The SMILES string of the molecule is CC[Si](CC)(CC)OC[C@H]1O[C@@H](n2cnc3c(=O)[nH]c(N)nc32)[C@H](O[Si](CC)(CC)CC)[C@@H]1O[Si](CC)(CC)CC. The normalized spacial score (nSPS) is 22.2. The lowest BCUT2D eigenvalue weighted by atomic mass is 10.1. The predicted octanol–water partition coefficient (Wildman–Crippen LogP) is 6.40. The molecule has 0 radical (unpaired) electrons. The molecule has 1 aliphatic rings. The summed E-state index contributed by atoms with van der Waals surface area (Å²) in [5, 5.41) is 0. The van der Waals surface area contributed by atoms with Crippen LogP contribution < -0.4 is 11.3 Å². The largest absolute Gasteiger partial charge is 0.414 e. The Bertz CT molecular complexity index is 1140. The van der Waals surface area contributed by atoms with E-state index in [0.29, 0.717) is 12.3 Å². The maximum atomic E-state index is 12.7. The second-order valence-electron chi connectivity index (χ2n) is 11.5. The molecule has 3 N–H and O–H groups in total. The van der Waals surface area contributed by atoms with Gasteiger partial charge in [0.1, 0.15) is 18.3 Å². The molecule has 3 heterocycles. The average Bonchev–Trinajstić information content (AvgIpc) is 3.56. The van der Waals surface area contributed by atoms with Crippen molar-refractivity contribution in [2.24, 2.45) is 0 Å². The molecule has 13 heteroatoms. The fourth-order valence-electron chi connectivity index (χ4n) is 6.36. The van der Waals surface area contributed by atoms with Crippen molar-refractivity contribution >= 4 is 42.1 Å². The summed E-state index contributed by atoms with van der Waals surface area (Å²) < 4.78 is 30.2. The smallest absolute Gasteiger partial charge is 0.280 e. The van der Waals surface area contributed by atoms with Crippen LogP contribution in [0.5, 0.6) is 0 Å². The van der Waals surface area contributed by atoms with Gasteiger partial charge >= 0.3 is 0 Å². The summed E-state index contributed by atoms with van der Waals surface area (Å²) in [5.74, 6) is 0.0470. The molecule has 1 saturated heterocycles. The minimum absolute atomic E-state index is 0.0470. The van der Waals surface area contributed by atoms with E-state index in [-0.39, 0.29) is 35.3 Å². The van der Waals surface area contributed by atoms with Gasteiger partial charge in [-0.25, -0.2) is 4.98 Å². The Labute approximate surface area is 249 Å². The monoisotopic (exact) mass is 625 g/mol. The number of hydrogen-bond acceptors (Lipinski definition) is 8. The highest BCUT2D eigenvalue weighted by molar-refractivity contribution is 6.74. The number of nitrogen functional groups attached to an aromatic ring is 1. The van der Waals surface area contributed by atoms with Crippen LogP contribution >= 0.6 is 0 Å². The molecule has 10 nitrogen and oxygen atoms in total. The van der Waals surface area contributed by atoms with Gasteiger partial charge in [0.15, 0.2) is 42.3 Å². The van der Waals surface area contributed by atoms with Crippen molar-refractivity contribution in [2.45, 2.75) is 141 Å². The van der Waals surface area contributed by atoms with E-state index < -0.39 is 31.2 Å². The van der Waals surface area contributed by atoms with Crippen molar-refractivity contribution in [1.29, 1.82) is 0 Å². The molecule has 2 aromatic rings. The van der Waals surface area contributed by atoms with Crippen molar-refractivity contribution in [1.82, 2.24) is 19.5 Å². The zero-order chi connectivity index (χ0) is 30.4. The zero-order valence-electron chi connectivity index (χ0n) is 26.9. The number of nitrogens with two attached hydrogens (primary N) is 1. The van der Waals surface area contributed by atoms with Gasteiger partial charge in [0.05, 0.1) is 12.9 Å². The molecule has 2 aromatic heterocycles. The molecule has 1 fully saturated rings. The Morgan fingerprint density at radius 2 is 1.32 bits per heavy atom. The van der Waals surface area contributed by atoms with Gasteiger partial charge in [-0.15, -0.1) is 0 Å². The van der Waals surface area contributed by atoms with Crippen LogP contribution in [0.1, 0.15) is 68.5 Å². The predicted molar refractivity (Wildman–Crippen MR) is 174 cm³/mol. The number of imidazole rings is 1. The molecule has 234 valence electrons. The third-order valence-corrected chi connectivity index (χ3v) is 24.1. The number of ether oxygens (including phenoxy) is 1. The van der Waals surface area contributed by atoms with E-state index in [1.807, 2.05) is 4.57 Å². The lowest BCUT2D eigenvalue weighted by Crippen LogP contribution is -2.52. The molecule has 0 amide bonds. The molecule has 0 aliphatic carbocycles. The van der Waals surface area contributed by atoms with Gasteiger partial charge in [-0.1, -0.05) is 62.3 Å². The van der Waals surface area contributed by atoms with Gasteiger partial charge in [-0.2, -0.15) is 4.98 Å². The Hall–Kier alpha value is -1.36. The highest BCUT2D eigenvalue weighted by atomic mass is 28.4. The number of H-pyrrole nitrogens is 1. The number of nitrogens with zero attached hydrogens (tertiary/aromatic N) is 3. The van der Waals surface area contributed by atoms with Crippen LogP contribution in [0.4, 0.5) is 5.95 Å². The molecule has 0 spiro atoms. The third kappa shape index (κ3) is 6.91. The standard InChI is InChI=1S/C28H55N5O5Si3/c1-10-39(11-2,12-3)35-19-21-23(37-40(13-4,14-5)15-6)24(38-41(16-7,17-8)18-9)27(36-21)33-20-30-22-25(33)31-28(29)32-26(22)34/h20-21,23-24,27H,10-19H2,1-9H3,(H3,29,31,32,34)/t21-,23-,24-,27-/m1/s1. The number of nitrogens with one attached hydrogen (secondary N) is 1. The molecule has 3 rings (SSSR count). The number of hydrogen-bond donors (Lipinski definition) is 2. The van der Waals surface area contributed by atoms with Gasteiger partial charge in [0.2, 0.25) is 5.95 Å². The summed E-state index contributed by atoms with van der Waals surface area (Å²) in [6, 6.07) is 9.28. The van der Waals surface area contributed by atoms with Crippen molar-refractivity contribution in [2.75, 3.05) is 12.3 Å². The maximum Gasteiger partial charge on any atom is 0.280 e. The summed E-state index contributed by atoms with van der Waals surface area (Å²) in [4.78, 5) is 24.1. The Kier molecular flexibility index (Phi) is 12.0. The first-order valence-electron chi connectivity index (χ1n) is 16.0. The zero-order valence-corrected chi connectivity index (χ0v) is 29.9. The van der Waals surface area contributed by atoms with Gasteiger partial charge in [0.25, 0.3) is 5.56 Å². The van der Waals surface area contributed by atoms with E-state index in [4.69, 9.17) is 23.7 Å². The Morgan fingerprint density at radius 3 is 1.80 bits per heavy atom. The Morgan fingerprint density at radius 1 is 0.829 bits per heavy atom. The van der Waals surface area contributed by atoms with E-state index in [1.165, 1.54) is 0 Å². The van der Waals surface area contributed by atoms with E-state index >= 15 is 0 Å². The van der Waals surface area contributed by atoms with Crippen molar-refractivity contribution in [3.8, 4) is 0 Å². The van der Waals surface area contributed by atoms with Gasteiger partial charge < -0.3 is 23.7 Å². The Balaban J connectivity index is 2.18. The summed E-state index contributed by atoms with van der Waals surface area (Å²) in [7, 11) is -6.05. The van der Waals surface area contributed by atoms with E-state index in [9.17, 15) is 4.79 Å². The molecule has 1 aliphatic heterocycles. The van der Waals surface area contributed by atoms with Crippen LogP contribution in [-0.2, 0) is 18.0 Å². The van der Waals surface area contributed by atoms with Crippen molar-refractivity contribution in [3.63, 3.8) is 0 Å². The molecule has 0 bridgehead atoms. The topological polar surface area (TPSA) is 127 Å². The van der Waals surface area contributed by atoms with Crippen molar-refractivity contribution < 1.29 is 18.0 Å². The van der Waals surface area contributed by atoms with E-state index in [2.05, 4.69) is 77.3 Å². The summed E-state index contributed by atoms with van der Waals surface area (Å²) in [6.45, 7) is 20.7. The van der Waals surface area contributed by atoms with Gasteiger partial charge in [0, 0.05) is 0 Å². The number of rotatable bonds is 17. The first-order chi connectivity index (χ1) is 19.6. The van der Waals surface area contributed by atoms with Crippen LogP contribution in [-0.4, -0.2) is 69.4 Å².